The molecule has 1 aromatic heterocycles. The molecule has 4 rings (SSSR count). The number of aromatic nitrogens is 1. The van der Waals surface area contributed by atoms with Crippen LogP contribution in [-0.4, -0.2) is 49.1 Å². The summed E-state index contributed by atoms with van der Waals surface area (Å²) in [5.74, 6) is -0.191. The second kappa shape index (κ2) is 4.78. The van der Waals surface area contributed by atoms with Gasteiger partial charge in [-0.1, -0.05) is 0 Å². The van der Waals surface area contributed by atoms with Crippen LogP contribution < -0.4 is 5.32 Å². The molecular weight excluding hydrogens is 305 g/mol. The average Bonchev–Trinajstić information content (AvgIpc) is 3.09. The van der Waals surface area contributed by atoms with Gasteiger partial charge in [-0.15, -0.1) is 0 Å². The number of aromatic amines is 1. The quantitative estimate of drug-likeness (QED) is 0.878. The molecule has 0 amide bonds. The monoisotopic (exact) mass is 323 g/mol. The Kier molecular flexibility index (Phi) is 3.08. The van der Waals surface area contributed by atoms with Gasteiger partial charge in [-0.3, -0.25) is 0 Å². The highest BCUT2D eigenvalue weighted by Gasteiger charge is 2.48. The summed E-state index contributed by atoms with van der Waals surface area (Å²) < 4.78 is 39.0. The van der Waals surface area contributed by atoms with E-state index >= 15 is 0 Å². The summed E-state index contributed by atoms with van der Waals surface area (Å²) in [7, 11) is -3.22. The molecule has 5 nitrogen and oxygen atoms in total. The first-order valence-electron chi connectivity index (χ1n) is 7.42. The molecule has 22 heavy (non-hydrogen) atoms. The smallest absolute Gasteiger partial charge is 0.211 e. The number of fused-ring (bicyclic) bond motifs is 2. The Morgan fingerprint density at radius 1 is 1.36 bits per heavy atom. The zero-order valence-corrected chi connectivity index (χ0v) is 13.0. The molecule has 3 heterocycles. The van der Waals surface area contributed by atoms with E-state index in [0.717, 1.165) is 29.4 Å². The molecule has 118 valence electrons. The molecule has 3 atom stereocenters. The van der Waals surface area contributed by atoms with Crippen molar-refractivity contribution in [2.45, 2.75) is 24.4 Å². The second-order valence-electron chi connectivity index (χ2n) is 6.21. The van der Waals surface area contributed by atoms with Crippen LogP contribution in [0.15, 0.2) is 24.4 Å². The van der Waals surface area contributed by atoms with Gasteiger partial charge in [-0.05, 0) is 36.7 Å². The summed E-state index contributed by atoms with van der Waals surface area (Å²) in [6.07, 6.45) is 4.00. The van der Waals surface area contributed by atoms with E-state index in [1.807, 2.05) is 6.20 Å². The maximum absolute atomic E-state index is 13.3. The lowest BCUT2D eigenvalue weighted by Crippen LogP contribution is -2.38. The molecule has 7 heteroatoms. The SMILES string of the molecule is CS(=O)(=O)N1CC(c2c[nH]c3cc(F)ccc23)[C@H]2NCC[C@H]21. The van der Waals surface area contributed by atoms with Gasteiger partial charge in [0.25, 0.3) is 0 Å². The van der Waals surface area contributed by atoms with Crippen LogP contribution in [0.3, 0.4) is 0 Å². The maximum atomic E-state index is 13.3. The lowest BCUT2D eigenvalue weighted by molar-refractivity contribution is 0.389. The molecule has 0 aliphatic carbocycles. The summed E-state index contributed by atoms with van der Waals surface area (Å²) >= 11 is 0. The van der Waals surface area contributed by atoms with E-state index in [1.54, 1.807) is 10.4 Å². The summed E-state index contributed by atoms with van der Waals surface area (Å²) in [4.78, 5) is 3.10. The Morgan fingerprint density at radius 2 is 2.18 bits per heavy atom. The molecule has 2 aliphatic rings. The predicted octanol–water partition coefficient (Wildman–Crippen LogP) is 1.40. The van der Waals surface area contributed by atoms with Crippen molar-refractivity contribution in [3.05, 3.63) is 35.8 Å². The lowest BCUT2D eigenvalue weighted by Gasteiger charge is -2.19. The van der Waals surface area contributed by atoms with E-state index < -0.39 is 10.0 Å². The summed E-state index contributed by atoms with van der Waals surface area (Å²) in [6.45, 7) is 1.31. The molecule has 0 spiro atoms. The minimum atomic E-state index is -3.22. The van der Waals surface area contributed by atoms with Gasteiger partial charge in [-0.25, -0.2) is 12.8 Å². The molecule has 0 saturated carbocycles. The zero-order chi connectivity index (χ0) is 15.5. The van der Waals surface area contributed by atoms with Crippen molar-refractivity contribution in [1.29, 1.82) is 0 Å². The minimum Gasteiger partial charge on any atom is -0.361 e. The molecular formula is C15H18FN3O2S. The van der Waals surface area contributed by atoms with Crippen molar-refractivity contribution in [2.24, 2.45) is 0 Å². The highest BCUT2D eigenvalue weighted by molar-refractivity contribution is 7.88. The van der Waals surface area contributed by atoms with Crippen molar-refractivity contribution in [3.63, 3.8) is 0 Å². The average molecular weight is 323 g/mol. The Bertz CT molecular complexity index is 832. The van der Waals surface area contributed by atoms with Crippen LogP contribution in [0, 0.1) is 5.82 Å². The van der Waals surface area contributed by atoms with Gasteiger partial charge >= 0.3 is 0 Å². The molecule has 2 aliphatic heterocycles. The van der Waals surface area contributed by atoms with Gasteiger partial charge in [0, 0.05) is 41.6 Å². The number of hydrogen-bond acceptors (Lipinski definition) is 3. The van der Waals surface area contributed by atoms with Gasteiger partial charge < -0.3 is 10.3 Å². The predicted molar refractivity (Wildman–Crippen MR) is 82.7 cm³/mol. The van der Waals surface area contributed by atoms with Crippen molar-refractivity contribution in [2.75, 3.05) is 19.3 Å². The number of nitrogens with one attached hydrogen (secondary N) is 2. The Labute approximate surface area is 128 Å². The fraction of sp³-hybridized carbons (Fsp3) is 0.467. The number of halogens is 1. The molecule has 1 aromatic carbocycles. The third-order valence-electron chi connectivity index (χ3n) is 4.92. The molecule has 1 unspecified atom stereocenters. The second-order valence-corrected chi connectivity index (χ2v) is 8.14. The molecule has 0 radical (unpaired) electrons. The Balaban J connectivity index is 1.78. The molecule has 2 fully saturated rings. The minimum absolute atomic E-state index is 0.0189. The van der Waals surface area contributed by atoms with Gasteiger partial charge in [0.05, 0.1) is 6.26 Å². The molecule has 2 saturated heterocycles. The fourth-order valence-electron chi connectivity index (χ4n) is 3.99. The number of sulfonamides is 1. The van der Waals surface area contributed by atoms with Gasteiger partial charge in [0.1, 0.15) is 5.82 Å². The van der Waals surface area contributed by atoms with E-state index in [9.17, 15) is 12.8 Å². The van der Waals surface area contributed by atoms with Crippen LogP contribution in [0.25, 0.3) is 10.9 Å². The highest BCUT2D eigenvalue weighted by atomic mass is 32.2. The largest absolute Gasteiger partial charge is 0.361 e. The highest BCUT2D eigenvalue weighted by Crippen LogP contribution is 2.40. The van der Waals surface area contributed by atoms with Crippen molar-refractivity contribution < 1.29 is 12.8 Å². The van der Waals surface area contributed by atoms with E-state index in [1.165, 1.54) is 18.4 Å². The topological polar surface area (TPSA) is 65.2 Å². The third kappa shape index (κ3) is 2.07. The maximum Gasteiger partial charge on any atom is 0.211 e. The standard InChI is InChI=1S/C15H18FN3O2S/c1-22(20,21)19-8-12(15-14(19)4-5-17-15)11-7-18-13-6-9(16)2-3-10(11)13/h2-3,6-7,12,14-15,17-18H,4-5,8H2,1H3/t12?,14-,15-/m1/s1. The Morgan fingerprint density at radius 3 is 2.95 bits per heavy atom. The number of rotatable bonds is 2. The van der Waals surface area contributed by atoms with Crippen LogP contribution in [0.2, 0.25) is 0 Å². The summed E-state index contributed by atoms with van der Waals surface area (Å²) in [5, 5.41) is 4.41. The summed E-state index contributed by atoms with van der Waals surface area (Å²) in [5.41, 5.74) is 1.81. The zero-order valence-electron chi connectivity index (χ0n) is 12.2. The van der Waals surface area contributed by atoms with E-state index in [2.05, 4.69) is 10.3 Å². The number of nitrogens with zero attached hydrogens (tertiary/aromatic N) is 1. The van der Waals surface area contributed by atoms with Crippen LogP contribution >= 0.6 is 0 Å². The van der Waals surface area contributed by atoms with Crippen LogP contribution in [0.5, 0.6) is 0 Å². The van der Waals surface area contributed by atoms with Crippen molar-refractivity contribution in [1.82, 2.24) is 14.6 Å². The first kappa shape index (κ1) is 14.2. The van der Waals surface area contributed by atoms with Crippen molar-refractivity contribution >= 4 is 20.9 Å². The van der Waals surface area contributed by atoms with E-state index in [-0.39, 0.29) is 23.8 Å². The Hall–Kier alpha value is -1.44. The normalized spacial score (nSPS) is 29.3. The lowest BCUT2D eigenvalue weighted by atomic mass is 9.92. The van der Waals surface area contributed by atoms with Gasteiger partial charge in [0.2, 0.25) is 10.0 Å². The van der Waals surface area contributed by atoms with E-state index in [0.29, 0.717) is 6.54 Å². The first-order chi connectivity index (χ1) is 10.4. The third-order valence-corrected chi connectivity index (χ3v) is 6.19. The molecule has 2 N–H and O–H groups in total. The van der Waals surface area contributed by atoms with Gasteiger partial charge in [0.15, 0.2) is 0 Å². The van der Waals surface area contributed by atoms with Gasteiger partial charge in [-0.2, -0.15) is 4.31 Å². The van der Waals surface area contributed by atoms with Crippen LogP contribution in [0.1, 0.15) is 17.9 Å². The summed E-state index contributed by atoms with van der Waals surface area (Å²) in [6, 6.07) is 4.83. The molecule has 0 bridgehead atoms. The molecule has 2 aromatic rings. The fourth-order valence-corrected chi connectivity index (χ4v) is 5.15. The van der Waals surface area contributed by atoms with Crippen molar-refractivity contribution in [3.8, 4) is 0 Å². The number of benzene rings is 1. The first-order valence-corrected chi connectivity index (χ1v) is 9.27. The van der Waals surface area contributed by atoms with E-state index in [4.69, 9.17) is 0 Å². The number of H-pyrrole nitrogens is 1. The van der Waals surface area contributed by atoms with Crippen LogP contribution in [0.4, 0.5) is 4.39 Å². The van der Waals surface area contributed by atoms with Crippen LogP contribution in [-0.2, 0) is 10.0 Å². The number of hydrogen-bond donors (Lipinski definition) is 2.